The Labute approximate surface area is 89.1 Å². The van der Waals surface area contributed by atoms with Gasteiger partial charge in [0.15, 0.2) is 0 Å². The van der Waals surface area contributed by atoms with E-state index in [2.05, 4.69) is 5.32 Å². The SMILES string of the molecule is CCCC(O)c1cccc2c1CNC2=O. The van der Waals surface area contributed by atoms with Crippen LogP contribution in [0.5, 0.6) is 0 Å². The number of rotatable bonds is 3. The molecule has 2 N–H and O–H groups in total. The van der Waals surface area contributed by atoms with Gasteiger partial charge in [-0.2, -0.15) is 0 Å². The largest absolute Gasteiger partial charge is 0.388 e. The van der Waals surface area contributed by atoms with Crippen molar-refractivity contribution in [1.29, 1.82) is 0 Å². The zero-order chi connectivity index (χ0) is 10.8. The Morgan fingerprint density at radius 3 is 3.07 bits per heavy atom. The zero-order valence-electron chi connectivity index (χ0n) is 8.79. The first-order chi connectivity index (χ1) is 7.24. The average Bonchev–Trinajstić information content (AvgIpc) is 2.61. The van der Waals surface area contributed by atoms with Gasteiger partial charge < -0.3 is 10.4 Å². The molecule has 0 spiro atoms. The van der Waals surface area contributed by atoms with Crippen LogP contribution in [-0.2, 0) is 6.54 Å². The molecule has 1 aromatic carbocycles. The highest BCUT2D eigenvalue weighted by molar-refractivity contribution is 5.98. The summed E-state index contributed by atoms with van der Waals surface area (Å²) in [5.74, 6) is -0.0319. The summed E-state index contributed by atoms with van der Waals surface area (Å²) < 4.78 is 0. The van der Waals surface area contributed by atoms with Crippen LogP contribution in [0.1, 0.15) is 47.4 Å². The lowest BCUT2D eigenvalue weighted by atomic mass is 9.97. The first-order valence-electron chi connectivity index (χ1n) is 5.32. The van der Waals surface area contributed by atoms with E-state index in [1.54, 1.807) is 6.07 Å². The van der Waals surface area contributed by atoms with Crippen LogP contribution in [0.3, 0.4) is 0 Å². The summed E-state index contributed by atoms with van der Waals surface area (Å²) in [7, 11) is 0. The van der Waals surface area contributed by atoms with Crippen LogP contribution in [0.4, 0.5) is 0 Å². The lowest BCUT2D eigenvalue weighted by Gasteiger charge is -2.13. The molecule has 80 valence electrons. The van der Waals surface area contributed by atoms with Gasteiger partial charge in [0.05, 0.1) is 6.10 Å². The minimum absolute atomic E-state index is 0.0319. The van der Waals surface area contributed by atoms with Crippen molar-refractivity contribution in [2.24, 2.45) is 0 Å². The molecule has 0 saturated carbocycles. The number of nitrogens with one attached hydrogen (secondary N) is 1. The molecule has 1 aromatic rings. The number of aliphatic hydroxyl groups excluding tert-OH is 1. The van der Waals surface area contributed by atoms with Gasteiger partial charge in [0.2, 0.25) is 0 Å². The fraction of sp³-hybridized carbons (Fsp3) is 0.417. The number of amides is 1. The second kappa shape index (κ2) is 4.03. The lowest BCUT2D eigenvalue weighted by Crippen LogP contribution is -2.12. The number of benzene rings is 1. The summed E-state index contributed by atoms with van der Waals surface area (Å²) >= 11 is 0. The van der Waals surface area contributed by atoms with Crippen molar-refractivity contribution in [1.82, 2.24) is 5.32 Å². The van der Waals surface area contributed by atoms with Crippen LogP contribution in [0, 0.1) is 0 Å². The molecule has 1 heterocycles. The molecule has 1 unspecified atom stereocenters. The van der Waals surface area contributed by atoms with Gasteiger partial charge in [0, 0.05) is 12.1 Å². The van der Waals surface area contributed by atoms with E-state index in [1.807, 2.05) is 19.1 Å². The third-order valence-corrected chi connectivity index (χ3v) is 2.80. The number of hydrogen-bond donors (Lipinski definition) is 2. The number of fused-ring (bicyclic) bond motifs is 1. The standard InChI is InChI=1S/C12H15NO2/c1-2-4-11(14)8-5-3-6-9-10(8)7-13-12(9)15/h3,5-6,11,14H,2,4,7H2,1H3,(H,13,15). The number of hydrogen-bond acceptors (Lipinski definition) is 2. The van der Waals surface area contributed by atoms with E-state index in [0.29, 0.717) is 12.1 Å². The van der Waals surface area contributed by atoms with Crippen molar-refractivity contribution >= 4 is 5.91 Å². The average molecular weight is 205 g/mol. The Hall–Kier alpha value is -1.35. The maximum Gasteiger partial charge on any atom is 0.251 e. The maximum atomic E-state index is 11.4. The summed E-state index contributed by atoms with van der Waals surface area (Å²) in [6.45, 7) is 2.58. The monoisotopic (exact) mass is 205 g/mol. The Balaban J connectivity index is 2.37. The van der Waals surface area contributed by atoms with E-state index in [4.69, 9.17) is 0 Å². The van der Waals surface area contributed by atoms with Gasteiger partial charge in [-0.3, -0.25) is 4.79 Å². The fourth-order valence-electron chi connectivity index (χ4n) is 2.02. The van der Waals surface area contributed by atoms with Gasteiger partial charge in [-0.05, 0) is 23.6 Å². The second-order valence-corrected chi connectivity index (χ2v) is 3.86. The number of carbonyl (C=O) groups is 1. The van der Waals surface area contributed by atoms with Crippen molar-refractivity contribution in [3.63, 3.8) is 0 Å². The highest BCUT2D eigenvalue weighted by atomic mass is 16.3. The molecule has 1 atom stereocenters. The van der Waals surface area contributed by atoms with Crippen LogP contribution in [0.2, 0.25) is 0 Å². The number of carbonyl (C=O) groups excluding carboxylic acids is 1. The molecular weight excluding hydrogens is 190 g/mol. The van der Waals surface area contributed by atoms with Gasteiger partial charge in [-0.1, -0.05) is 25.5 Å². The zero-order valence-corrected chi connectivity index (χ0v) is 8.79. The molecule has 0 aromatic heterocycles. The van der Waals surface area contributed by atoms with Crippen LogP contribution < -0.4 is 5.32 Å². The van der Waals surface area contributed by atoms with Crippen molar-refractivity contribution < 1.29 is 9.90 Å². The Bertz CT molecular complexity index is 387. The summed E-state index contributed by atoms with van der Waals surface area (Å²) in [5, 5.41) is 12.7. The molecule has 0 fully saturated rings. The maximum absolute atomic E-state index is 11.4. The molecular formula is C12H15NO2. The molecule has 3 heteroatoms. The van der Waals surface area contributed by atoms with Gasteiger partial charge in [0.25, 0.3) is 5.91 Å². The minimum atomic E-state index is -0.447. The molecule has 1 aliphatic heterocycles. The van der Waals surface area contributed by atoms with E-state index in [-0.39, 0.29) is 5.91 Å². The lowest BCUT2D eigenvalue weighted by molar-refractivity contribution is 0.0966. The molecule has 0 saturated heterocycles. The molecule has 3 nitrogen and oxygen atoms in total. The summed E-state index contributed by atoms with van der Waals surface area (Å²) in [6.07, 6.45) is 1.23. The molecule has 0 aliphatic carbocycles. The molecule has 0 bridgehead atoms. The Kier molecular flexibility index (Phi) is 2.73. The van der Waals surface area contributed by atoms with Crippen molar-refractivity contribution in [3.05, 3.63) is 34.9 Å². The smallest absolute Gasteiger partial charge is 0.251 e. The first kappa shape index (κ1) is 10.2. The van der Waals surface area contributed by atoms with E-state index < -0.39 is 6.10 Å². The number of aliphatic hydroxyl groups is 1. The fourth-order valence-corrected chi connectivity index (χ4v) is 2.02. The molecule has 0 radical (unpaired) electrons. The minimum Gasteiger partial charge on any atom is -0.388 e. The van der Waals surface area contributed by atoms with Crippen molar-refractivity contribution in [3.8, 4) is 0 Å². The van der Waals surface area contributed by atoms with Gasteiger partial charge in [-0.25, -0.2) is 0 Å². The third-order valence-electron chi connectivity index (χ3n) is 2.80. The van der Waals surface area contributed by atoms with Crippen LogP contribution >= 0.6 is 0 Å². The third kappa shape index (κ3) is 1.75. The topological polar surface area (TPSA) is 49.3 Å². The normalized spacial score (nSPS) is 16.0. The highest BCUT2D eigenvalue weighted by Crippen LogP contribution is 2.27. The Morgan fingerprint density at radius 1 is 1.53 bits per heavy atom. The van der Waals surface area contributed by atoms with E-state index in [1.165, 1.54) is 0 Å². The van der Waals surface area contributed by atoms with Crippen LogP contribution in [0.15, 0.2) is 18.2 Å². The molecule has 2 rings (SSSR count). The van der Waals surface area contributed by atoms with E-state index in [9.17, 15) is 9.90 Å². The van der Waals surface area contributed by atoms with Gasteiger partial charge in [-0.15, -0.1) is 0 Å². The van der Waals surface area contributed by atoms with Gasteiger partial charge in [0.1, 0.15) is 0 Å². The van der Waals surface area contributed by atoms with Crippen LogP contribution in [-0.4, -0.2) is 11.0 Å². The molecule has 15 heavy (non-hydrogen) atoms. The predicted octanol–water partition coefficient (Wildman–Crippen LogP) is 1.76. The van der Waals surface area contributed by atoms with Gasteiger partial charge >= 0.3 is 0 Å². The van der Waals surface area contributed by atoms with E-state index >= 15 is 0 Å². The summed E-state index contributed by atoms with van der Waals surface area (Å²) in [4.78, 5) is 11.4. The summed E-state index contributed by atoms with van der Waals surface area (Å²) in [5.41, 5.74) is 2.57. The van der Waals surface area contributed by atoms with Crippen molar-refractivity contribution in [2.75, 3.05) is 0 Å². The Morgan fingerprint density at radius 2 is 2.33 bits per heavy atom. The quantitative estimate of drug-likeness (QED) is 0.790. The second-order valence-electron chi connectivity index (χ2n) is 3.86. The highest BCUT2D eigenvalue weighted by Gasteiger charge is 2.23. The summed E-state index contributed by atoms with van der Waals surface area (Å²) in [6, 6.07) is 5.54. The van der Waals surface area contributed by atoms with Crippen LogP contribution in [0.25, 0.3) is 0 Å². The molecule has 1 aliphatic rings. The predicted molar refractivity (Wildman–Crippen MR) is 57.5 cm³/mol. The first-order valence-corrected chi connectivity index (χ1v) is 5.32. The molecule has 1 amide bonds. The van der Waals surface area contributed by atoms with E-state index in [0.717, 1.165) is 24.0 Å². The van der Waals surface area contributed by atoms with Crippen molar-refractivity contribution in [2.45, 2.75) is 32.4 Å².